The van der Waals surface area contributed by atoms with Gasteiger partial charge in [-0.15, -0.1) is 0 Å². The van der Waals surface area contributed by atoms with Crippen molar-refractivity contribution < 1.29 is 19.3 Å². The number of rotatable bonds is 7. The molecule has 1 saturated heterocycles. The molecular weight excluding hydrogens is 368 g/mol. The lowest BCUT2D eigenvalue weighted by molar-refractivity contribution is 0.195. The second kappa shape index (κ2) is 8.86. The van der Waals surface area contributed by atoms with Gasteiger partial charge in [0.2, 0.25) is 0 Å². The minimum absolute atomic E-state index is 0.163. The topological polar surface area (TPSA) is 72.0 Å². The number of phenolic OH excluding ortho intramolecular Hbond substituents is 1. The van der Waals surface area contributed by atoms with E-state index in [-0.39, 0.29) is 17.9 Å². The van der Waals surface area contributed by atoms with Crippen molar-refractivity contribution in [2.75, 3.05) is 13.7 Å². The number of hydrogen-bond acceptors (Lipinski definition) is 6. The van der Waals surface area contributed by atoms with Crippen LogP contribution in [0.3, 0.4) is 0 Å². The predicted molar refractivity (Wildman–Crippen MR) is 110 cm³/mol. The normalized spacial score (nSPS) is 18.4. The molecule has 0 aliphatic carbocycles. The fourth-order valence-corrected chi connectivity index (χ4v) is 3.33. The van der Waals surface area contributed by atoms with Crippen LogP contribution in [0.2, 0.25) is 0 Å². The predicted octanol–water partition coefficient (Wildman–Crippen LogP) is 3.58. The Morgan fingerprint density at radius 3 is 2.55 bits per heavy atom. The lowest BCUT2D eigenvalue weighted by Gasteiger charge is -2.21. The Balaban J connectivity index is 1.45. The summed E-state index contributed by atoms with van der Waals surface area (Å²) in [4.78, 5) is 0. The van der Waals surface area contributed by atoms with Gasteiger partial charge in [-0.1, -0.05) is 36.4 Å². The van der Waals surface area contributed by atoms with Gasteiger partial charge in [-0.25, -0.2) is 5.43 Å². The zero-order valence-corrected chi connectivity index (χ0v) is 16.2. The van der Waals surface area contributed by atoms with Gasteiger partial charge < -0.3 is 19.3 Å². The van der Waals surface area contributed by atoms with Gasteiger partial charge in [0.15, 0.2) is 0 Å². The molecule has 3 aromatic carbocycles. The summed E-state index contributed by atoms with van der Waals surface area (Å²) < 4.78 is 17.2. The van der Waals surface area contributed by atoms with Gasteiger partial charge in [-0.3, -0.25) is 5.43 Å². The zero-order chi connectivity index (χ0) is 20.1. The Hall–Kier alpha value is -3.22. The fourth-order valence-electron chi connectivity index (χ4n) is 3.33. The first kappa shape index (κ1) is 19.1. The van der Waals surface area contributed by atoms with Crippen LogP contribution in [0.4, 0.5) is 0 Å². The number of benzene rings is 3. The van der Waals surface area contributed by atoms with Crippen molar-refractivity contribution in [1.82, 2.24) is 10.9 Å². The number of nitrogens with one attached hydrogen (secondary N) is 2. The van der Waals surface area contributed by atoms with Crippen LogP contribution in [0.25, 0.3) is 0 Å². The average Bonchev–Trinajstić information content (AvgIpc) is 3.21. The van der Waals surface area contributed by atoms with E-state index in [0.717, 1.165) is 16.9 Å². The SMILES string of the molecule is COc1cccc(OC2CNNC2c2ccc(OCc3ccccc3)cc2O)c1. The first-order chi connectivity index (χ1) is 14.2. The summed E-state index contributed by atoms with van der Waals surface area (Å²) in [6.07, 6.45) is -0.191. The van der Waals surface area contributed by atoms with Crippen molar-refractivity contribution >= 4 is 0 Å². The third-order valence-electron chi connectivity index (χ3n) is 4.85. The third kappa shape index (κ3) is 4.62. The van der Waals surface area contributed by atoms with Crippen molar-refractivity contribution in [3.8, 4) is 23.0 Å². The Labute approximate surface area is 170 Å². The summed E-state index contributed by atoms with van der Waals surface area (Å²) in [5, 5.41) is 10.6. The minimum atomic E-state index is -0.204. The molecule has 0 saturated carbocycles. The Morgan fingerprint density at radius 1 is 0.931 bits per heavy atom. The Bertz CT molecular complexity index is 949. The molecule has 1 aliphatic heterocycles. The maximum absolute atomic E-state index is 10.6. The quantitative estimate of drug-likeness (QED) is 0.571. The molecule has 150 valence electrons. The smallest absolute Gasteiger partial charge is 0.133 e. The number of hydrazine groups is 1. The summed E-state index contributed by atoms with van der Waals surface area (Å²) in [6, 6.07) is 22.6. The van der Waals surface area contributed by atoms with Gasteiger partial charge in [0.05, 0.1) is 13.2 Å². The molecule has 0 aromatic heterocycles. The minimum Gasteiger partial charge on any atom is -0.507 e. The second-order valence-corrected chi connectivity index (χ2v) is 6.83. The second-order valence-electron chi connectivity index (χ2n) is 6.83. The number of hydrogen-bond donors (Lipinski definition) is 3. The van der Waals surface area contributed by atoms with Crippen LogP contribution < -0.4 is 25.1 Å². The van der Waals surface area contributed by atoms with E-state index in [2.05, 4.69) is 10.9 Å². The van der Waals surface area contributed by atoms with E-state index in [1.807, 2.05) is 66.7 Å². The highest BCUT2D eigenvalue weighted by molar-refractivity contribution is 5.43. The van der Waals surface area contributed by atoms with E-state index in [4.69, 9.17) is 14.2 Å². The number of methoxy groups -OCH3 is 1. The largest absolute Gasteiger partial charge is 0.507 e. The van der Waals surface area contributed by atoms with E-state index in [1.54, 1.807) is 13.2 Å². The molecule has 0 spiro atoms. The standard InChI is InChI=1S/C23H24N2O4/c1-27-17-8-5-9-19(12-17)29-22-14-24-25-23(22)20-11-10-18(13-21(20)26)28-15-16-6-3-2-4-7-16/h2-13,22-26H,14-15H2,1H3. The molecule has 6 nitrogen and oxygen atoms in total. The van der Waals surface area contributed by atoms with E-state index in [1.165, 1.54) is 0 Å². The maximum atomic E-state index is 10.6. The molecular formula is C23H24N2O4. The molecule has 3 N–H and O–H groups in total. The van der Waals surface area contributed by atoms with Crippen LogP contribution in [0.1, 0.15) is 17.2 Å². The molecule has 2 unspecified atom stereocenters. The van der Waals surface area contributed by atoms with Gasteiger partial charge in [0.25, 0.3) is 0 Å². The average molecular weight is 392 g/mol. The van der Waals surface area contributed by atoms with Gasteiger partial charge in [0.1, 0.15) is 35.7 Å². The fraction of sp³-hybridized carbons (Fsp3) is 0.217. The molecule has 0 bridgehead atoms. The summed E-state index contributed by atoms with van der Waals surface area (Å²) in [5.74, 6) is 2.23. The highest BCUT2D eigenvalue weighted by Crippen LogP contribution is 2.33. The van der Waals surface area contributed by atoms with Crippen molar-refractivity contribution in [2.24, 2.45) is 0 Å². The van der Waals surface area contributed by atoms with Crippen molar-refractivity contribution in [3.63, 3.8) is 0 Å². The number of phenols is 1. The molecule has 4 rings (SSSR count). The summed E-state index contributed by atoms with van der Waals surface area (Å²) in [5.41, 5.74) is 8.11. The zero-order valence-electron chi connectivity index (χ0n) is 16.2. The molecule has 6 heteroatoms. The molecule has 2 atom stereocenters. The highest BCUT2D eigenvalue weighted by Gasteiger charge is 2.32. The van der Waals surface area contributed by atoms with Crippen LogP contribution in [-0.2, 0) is 6.61 Å². The van der Waals surface area contributed by atoms with Crippen molar-refractivity contribution in [3.05, 3.63) is 83.9 Å². The van der Waals surface area contributed by atoms with Crippen molar-refractivity contribution in [1.29, 1.82) is 0 Å². The molecule has 1 aliphatic rings. The Morgan fingerprint density at radius 2 is 1.76 bits per heavy atom. The third-order valence-corrected chi connectivity index (χ3v) is 4.85. The summed E-state index contributed by atoms with van der Waals surface area (Å²) in [6.45, 7) is 1.05. The first-order valence-electron chi connectivity index (χ1n) is 9.51. The van der Waals surface area contributed by atoms with Crippen LogP contribution in [-0.4, -0.2) is 24.9 Å². The van der Waals surface area contributed by atoms with E-state index in [9.17, 15) is 5.11 Å². The van der Waals surface area contributed by atoms with Gasteiger partial charge in [0, 0.05) is 24.2 Å². The molecule has 0 amide bonds. The van der Waals surface area contributed by atoms with Gasteiger partial charge in [-0.2, -0.15) is 0 Å². The molecule has 1 fully saturated rings. The monoisotopic (exact) mass is 392 g/mol. The van der Waals surface area contributed by atoms with E-state index < -0.39 is 0 Å². The summed E-state index contributed by atoms with van der Waals surface area (Å²) in [7, 11) is 1.63. The summed E-state index contributed by atoms with van der Waals surface area (Å²) >= 11 is 0. The lowest BCUT2D eigenvalue weighted by Crippen LogP contribution is -2.28. The van der Waals surface area contributed by atoms with Crippen LogP contribution in [0.15, 0.2) is 72.8 Å². The van der Waals surface area contributed by atoms with Crippen LogP contribution in [0.5, 0.6) is 23.0 Å². The first-order valence-corrected chi connectivity index (χ1v) is 9.51. The lowest BCUT2D eigenvalue weighted by atomic mass is 10.0. The molecule has 3 aromatic rings. The van der Waals surface area contributed by atoms with Gasteiger partial charge >= 0.3 is 0 Å². The number of ether oxygens (including phenoxy) is 3. The maximum Gasteiger partial charge on any atom is 0.133 e. The van der Waals surface area contributed by atoms with Crippen LogP contribution >= 0.6 is 0 Å². The van der Waals surface area contributed by atoms with Crippen LogP contribution in [0, 0.1) is 0 Å². The molecule has 29 heavy (non-hydrogen) atoms. The highest BCUT2D eigenvalue weighted by atomic mass is 16.5. The van der Waals surface area contributed by atoms with Gasteiger partial charge in [-0.05, 0) is 29.8 Å². The van der Waals surface area contributed by atoms with E-state index in [0.29, 0.717) is 24.7 Å². The number of aromatic hydroxyl groups is 1. The van der Waals surface area contributed by atoms with Crippen molar-refractivity contribution in [2.45, 2.75) is 18.8 Å². The molecule has 1 heterocycles. The molecule has 0 radical (unpaired) electrons. The Kier molecular flexibility index (Phi) is 5.84. The van der Waals surface area contributed by atoms with E-state index >= 15 is 0 Å².